The van der Waals surface area contributed by atoms with E-state index in [1.807, 2.05) is 19.1 Å². The fraction of sp³-hybridized carbons (Fsp3) is 0.167. The van der Waals surface area contributed by atoms with Crippen LogP contribution in [-0.4, -0.2) is 11.7 Å². The summed E-state index contributed by atoms with van der Waals surface area (Å²) in [6.07, 6.45) is 0. The molecule has 0 saturated heterocycles. The molecule has 0 fully saturated rings. The van der Waals surface area contributed by atoms with E-state index in [1.54, 1.807) is 12.1 Å². The van der Waals surface area contributed by atoms with Crippen molar-refractivity contribution >= 4 is 23.5 Å². The normalized spacial score (nSPS) is 12.5. The first-order chi connectivity index (χ1) is 8.71. The van der Waals surface area contributed by atoms with Crippen molar-refractivity contribution in [3.63, 3.8) is 0 Å². The Kier molecular flexibility index (Phi) is 3.71. The number of phenolic OH excluding ortho intramolecular Hbond substituents is 1. The van der Waals surface area contributed by atoms with Crippen molar-refractivity contribution in [2.24, 2.45) is 0 Å². The second-order valence-corrected chi connectivity index (χ2v) is 5.56. The molecule has 0 unspecified atom stereocenters. The number of hydrogen-bond donors (Lipinski definition) is 1. The number of nitrogens with zero attached hydrogens (tertiary/aromatic N) is 2. The van der Waals surface area contributed by atoms with Gasteiger partial charge in [-0.25, -0.2) is 0 Å². The topological polar surface area (TPSA) is 77.0 Å². The van der Waals surface area contributed by atoms with Crippen LogP contribution in [0.2, 0.25) is 0 Å². The van der Waals surface area contributed by atoms with E-state index in [1.165, 1.54) is 23.5 Å². The number of phenols is 1. The van der Waals surface area contributed by atoms with Gasteiger partial charge in [0.25, 0.3) is 0 Å². The number of thioether (sulfide) groups is 2. The van der Waals surface area contributed by atoms with E-state index in [0.29, 0.717) is 21.5 Å². The standard InChI is InChI=1S/C12H8N2O2S2/c1-2-16-9-4-3-8(15)10-11(9)18-12(17-10)7(5-13)6-14/h3-4,15H,2H2,1H3. The summed E-state index contributed by atoms with van der Waals surface area (Å²) >= 11 is 2.51. The summed E-state index contributed by atoms with van der Waals surface area (Å²) in [5.74, 6) is 0.796. The van der Waals surface area contributed by atoms with Crippen molar-refractivity contribution in [2.45, 2.75) is 16.7 Å². The molecule has 0 saturated carbocycles. The molecular weight excluding hydrogens is 268 g/mol. The fourth-order valence-corrected chi connectivity index (χ4v) is 3.89. The number of hydrogen-bond acceptors (Lipinski definition) is 6. The zero-order chi connectivity index (χ0) is 13.1. The minimum absolute atomic E-state index is 0.0584. The highest BCUT2D eigenvalue weighted by Crippen LogP contribution is 2.58. The van der Waals surface area contributed by atoms with E-state index in [0.717, 1.165) is 4.90 Å². The van der Waals surface area contributed by atoms with Gasteiger partial charge < -0.3 is 9.84 Å². The van der Waals surface area contributed by atoms with Crippen LogP contribution in [0.4, 0.5) is 0 Å². The van der Waals surface area contributed by atoms with Gasteiger partial charge in [-0.15, -0.1) is 0 Å². The van der Waals surface area contributed by atoms with Gasteiger partial charge in [-0.1, -0.05) is 23.5 Å². The number of ether oxygens (including phenoxy) is 1. The van der Waals surface area contributed by atoms with E-state index in [9.17, 15) is 5.11 Å². The Bertz CT molecular complexity index is 596. The Morgan fingerprint density at radius 2 is 1.94 bits per heavy atom. The van der Waals surface area contributed by atoms with Crippen LogP contribution in [-0.2, 0) is 0 Å². The van der Waals surface area contributed by atoms with E-state index in [4.69, 9.17) is 15.3 Å². The highest BCUT2D eigenvalue weighted by molar-refractivity contribution is 8.24. The lowest BCUT2D eigenvalue weighted by molar-refractivity contribution is 0.328. The molecule has 0 amide bonds. The Balaban J connectivity index is 2.50. The van der Waals surface area contributed by atoms with Gasteiger partial charge in [-0.3, -0.25) is 0 Å². The molecule has 0 aromatic heterocycles. The Hall–Kier alpha value is -1.76. The first-order valence-electron chi connectivity index (χ1n) is 5.10. The van der Waals surface area contributed by atoms with Gasteiger partial charge in [0, 0.05) is 0 Å². The van der Waals surface area contributed by atoms with Crippen LogP contribution in [0.5, 0.6) is 11.5 Å². The fourth-order valence-electron chi connectivity index (χ4n) is 1.42. The van der Waals surface area contributed by atoms with Crippen LogP contribution in [0.25, 0.3) is 0 Å². The third kappa shape index (κ3) is 2.13. The lowest BCUT2D eigenvalue weighted by Crippen LogP contribution is -1.92. The number of aromatic hydroxyl groups is 1. The molecule has 1 heterocycles. The third-order valence-electron chi connectivity index (χ3n) is 2.17. The second kappa shape index (κ2) is 5.26. The van der Waals surface area contributed by atoms with Gasteiger partial charge in [0.05, 0.1) is 20.6 Å². The first kappa shape index (κ1) is 12.7. The molecular formula is C12H8N2O2S2. The molecule has 90 valence electrons. The maximum Gasteiger partial charge on any atom is 0.150 e. The van der Waals surface area contributed by atoms with Gasteiger partial charge in [-0.2, -0.15) is 10.5 Å². The number of nitriles is 2. The molecule has 6 heteroatoms. The minimum atomic E-state index is 0.0584. The molecule has 1 aliphatic rings. The van der Waals surface area contributed by atoms with E-state index in [2.05, 4.69) is 0 Å². The SMILES string of the molecule is CCOc1ccc(O)c2c1SC(=C(C#N)C#N)S2. The monoisotopic (exact) mass is 276 g/mol. The van der Waals surface area contributed by atoms with Crippen LogP contribution >= 0.6 is 23.5 Å². The van der Waals surface area contributed by atoms with Gasteiger partial charge in [0.15, 0.2) is 0 Å². The third-order valence-corrected chi connectivity index (χ3v) is 4.81. The maximum absolute atomic E-state index is 9.79. The highest BCUT2D eigenvalue weighted by atomic mass is 32.2. The van der Waals surface area contributed by atoms with Gasteiger partial charge in [0.1, 0.15) is 29.2 Å². The maximum atomic E-state index is 9.79. The molecule has 0 aliphatic carbocycles. The summed E-state index contributed by atoms with van der Waals surface area (Å²) in [5, 5.41) is 27.5. The molecule has 1 N–H and O–H groups in total. The second-order valence-electron chi connectivity index (χ2n) is 3.26. The van der Waals surface area contributed by atoms with E-state index < -0.39 is 0 Å². The Labute approximate surface area is 113 Å². The summed E-state index contributed by atoms with van der Waals surface area (Å²) in [5.41, 5.74) is 0.0584. The number of benzene rings is 1. The molecule has 1 aliphatic heterocycles. The predicted octanol–water partition coefficient (Wildman–Crippen LogP) is 3.25. The molecule has 0 spiro atoms. The Morgan fingerprint density at radius 1 is 1.28 bits per heavy atom. The van der Waals surface area contributed by atoms with Crippen LogP contribution in [0, 0.1) is 22.7 Å². The summed E-state index contributed by atoms with van der Waals surface area (Å²) in [7, 11) is 0. The van der Waals surface area contributed by atoms with Crippen molar-refractivity contribution in [1.82, 2.24) is 0 Å². The van der Waals surface area contributed by atoms with E-state index >= 15 is 0 Å². The average Bonchev–Trinajstić information content (AvgIpc) is 2.80. The zero-order valence-corrected chi connectivity index (χ0v) is 11.1. The zero-order valence-electron chi connectivity index (χ0n) is 9.43. The van der Waals surface area contributed by atoms with Crippen molar-refractivity contribution in [2.75, 3.05) is 6.61 Å². The van der Waals surface area contributed by atoms with E-state index in [-0.39, 0.29) is 11.3 Å². The van der Waals surface area contributed by atoms with Crippen LogP contribution in [0.1, 0.15) is 6.92 Å². The summed E-state index contributed by atoms with van der Waals surface area (Å²) < 4.78 is 6.05. The Morgan fingerprint density at radius 3 is 2.56 bits per heavy atom. The summed E-state index contributed by atoms with van der Waals surface area (Å²) in [4.78, 5) is 1.41. The van der Waals surface area contributed by atoms with Crippen molar-refractivity contribution < 1.29 is 9.84 Å². The average molecular weight is 276 g/mol. The van der Waals surface area contributed by atoms with Gasteiger partial charge >= 0.3 is 0 Å². The molecule has 0 atom stereocenters. The largest absolute Gasteiger partial charge is 0.507 e. The first-order valence-corrected chi connectivity index (χ1v) is 6.73. The molecule has 0 bridgehead atoms. The predicted molar refractivity (Wildman–Crippen MR) is 69.2 cm³/mol. The smallest absolute Gasteiger partial charge is 0.150 e. The molecule has 4 nitrogen and oxygen atoms in total. The van der Waals surface area contributed by atoms with Gasteiger partial charge in [0.2, 0.25) is 0 Å². The van der Waals surface area contributed by atoms with Crippen LogP contribution in [0.3, 0.4) is 0 Å². The summed E-state index contributed by atoms with van der Waals surface area (Å²) in [6, 6.07) is 6.95. The lowest BCUT2D eigenvalue weighted by Gasteiger charge is -2.07. The van der Waals surface area contributed by atoms with Gasteiger partial charge in [-0.05, 0) is 19.1 Å². The van der Waals surface area contributed by atoms with Crippen molar-refractivity contribution in [3.8, 4) is 23.6 Å². The quantitative estimate of drug-likeness (QED) is 0.835. The van der Waals surface area contributed by atoms with Crippen LogP contribution < -0.4 is 4.74 Å². The molecule has 18 heavy (non-hydrogen) atoms. The summed E-state index contributed by atoms with van der Waals surface area (Å²) in [6.45, 7) is 2.39. The number of allylic oxidation sites excluding steroid dienone is 1. The molecule has 2 rings (SSSR count). The minimum Gasteiger partial charge on any atom is -0.507 e. The number of fused-ring (bicyclic) bond motifs is 1. The lowest BCUT2D eigenvalue weighted by atomic mass is 10.3. The number of rotatable bonds is 2. The highest BCUT2D eigenvalue weighted by Gasteiger charge is 2.27. The molecule has 1 aromatic rings. The van der Waals surface area contributed by atoms with Crippen molar-refractivity contribution in [1.29, 1.82) is 10.5 Å². The van der Waals surface area contributed by atoms with Crippen molar-refractivity contribution in [3.05, 3.63) is 21.9 Å². The molecule has 0 radical (unpaired) electrons. The molecule has 1 aromatic carbocycles. The van der Waals surface area contributed by atoms with Crippen LogP contribution in [0.15, 0.2) is 31.7 Å².